The highest BCUT2D eigenvalue weighted by atomic mass is 16.5. The highest BCUT2D eigenvalue weighted by molar-refractivity contribution is 5.43. The summed E-state index contributed by atoms with van der Waals surface area (Å²) in [5.74, 6) is 1.78. The molecule has 3 nitrogen and oxygen atoms in total. The van der Waals surface area contributed by atoms with Gasteiger partial charge in [-0.05, 0) is 79.5 Å². The van der Waals surface area contributed by atoms with Crippen molar-refractivity contribution < 1.29 is 9.47 Å². The summed E-state index contributed by atoms with van der Waals surface area (Å²) in [5.41, 5.74) is 9.72. The van der Waals surface area contributed by atoms with Gasteiger partial charge in [-0.2, -0.15) is 0 Å². The summed E-state index contributed by atoms with van der Waals surface area (Å²) in [6.45, 7) is 0.870. The average Bonchev–Trinajstić information content (AvgIpc) is 2.79. The first-order chi connectivity index (χ1) is 11.2. The van der Waals surface area contributed by atoms with E-state index in [1.54, 1.807) is 0 Å². The summed E-state index contributed by atoms with van der Waals surface area (Å²) >= 11 is 0. The fraction of sp³-hybridized carbons (Fsp3) is 0.700. The average molecular weight is 315 g/mol. The molecule has 1 aromatic rings. The molecule has 0 aliphatic heterocycles. The summed E-state index contributed by atoms with van der Waals surface area (Å²) in [5, 5.41) is 0. The van der Waals surface area contributed by atoms with Crippen molar-refractivity contribution >= 4 is 0 Å². The van der Waals surface area contributed by atoms with Gasteiger partial charge in [0.1, 0.15) is 5.75 Å². The lowest BCUT2D eigenvalue weighted by atomic mass is 9.69. The second-order valence-corrected chi connectivity index (χ2v) is 7.92. The van der Waals surface area contributed by atoms with Gasteiger partial charge < -0.3 is 15.2 Å². The molecule has 1 unspecified atom stereocenters. The van der Waals surface area contributed by atoms with Crippen LogP contribution in [0.1, 0.15) is 62.1 Å². The molecule has 2 N–H and O–H groups in total. The molecule has 3 heteroatoms. The molecule has 2 saturated carbocycles. The fourth-order valence-electron chi connectivity index (χ4n) is 4.70. The Morgan fingerprint density at radius 2 is 1.96 bits per heavy atom. The van der Waals surface area contributed by atoms with Crippen LogP contribution in [0.5, 0.6) is 5.75 Å². The number of methoxy groups -OCH3 is 1. The third-order valence-corrected chi connectivity index (χ3v) is 6.63. The van der Waals surface area contributed by atoms with E-state index < -0.39 is 0 Å². The van der Waals surface area contributed by atoms with Crippen molar-refractivity contribution in [3.05, 3.63) is 29.3 Å². The lowest BCUT2D eigenvalue weighted by Gasteiger charge is -2.40. The summed E-state index contributed by atoms with van der Waals surface area (Å²) in [6.07, 6.45) is 10.2. The minimum absolute atomic E-state index is 0.155. The van der Waals surface area contributed by atoms with E-state index in [1.165, 1.54) is 43.2 Å². The third-order valence-electron chi connectivity index (χ3n) is 6.63. The molecule has 0 bridgehead atoms. The van der Waals surface area contributed by atoms with Crippen molar-refractivity contribution in [3.8, 4) is 5.75 Å². The molecule has 2 fully saturated rings. The number of fused-ring (bicyclic) bond motifs is 1. The predicted octanol–water partition coefficient (Wildman–Crippen LogP) is 4.00. The first kappa shape index (κ1) is 15.5. The fourth-order valence-corrected chi connectivity index (χ4v) is 4.70. The standard InChI is InChI=1S/C20H29NO2/c1-22-16-7-9-20(10-8-16)12-15-5-6-17(11-18(15)19(20)21)23-13-14-3-2-4-14/h5-6,11,14,16,19H,2-4,7-10,12-13,21H2,1H3. The van der Waals surface area contributed by atoms with Crippen LogP contribution in [0.4, 0.5) is 0 Å². The third kappa shape index (κ3) is 2.78. The zero-order chi connectivity index (χ0) is 15.9. The van der Waals surface area contributed by atoms with Crippen LogP contribution in [-0.4, -0.2) is 19.8 Å². The van der Waals surface area contributed by atoms with E-state index in [-0.39, 0.29) is 11.5 Å². The minimum Gasteiger partial charge on any atom is -0.493 e. The van der Waals surface area contributed by atoms with Gasteiger partial charge in [0.15, 0.2) is 0 Å². The Balaban J connectivity index is 1.46. The number of nitrogens with two attached hydrogens (primary N) is 1. The maximum Gasteiger partial charge on any atom is 0.119 e. The second-order valence-electron chi connectivity index (χ2n) is 7.92. The Labute approximate surface area is 139 Å². The van der Waals surface area contributed by atoms with Crippen LogP contribution in [0.15, 0.2) is 18.2 Å². The molecule has 126 valence electrons. The van der Waals surface area contributed by atoms with E-state index in [2.05, 4.69) is 18.2 Å². The Bertz CT molecular complexity index is 559. The monoisotopic (exact) mass is 315 g/mol. The number of rotatable bonds is 4. The highest BCUT2D eigenvalue weighted by Gasteiger charge is 2.46. The van der Waals surface area contributed by atoms with Crippen LogP contribution in [0.2, 0.25) is 0 Å². The van der Waals surface area contributed by atoms with Crippen molar-refractivity contribution in [3.63, 3.8) is 0 Å². The zero-order valence-electron chi connectivity index (χ0n) is 14.2. The first-order valence-corrected chi connectivity index (χ1v) is 9.24. The molecular formula is C20H29NO2. The molecule has 0 amide bonds. The number of ether oxygens (including phenoxy) is 2. The van der Waals surface area contributed by atoms with Gasteiger partial charge >= 0.3 is 0 Å². The van der Waals surface area contributed by atoms with E-state index in [4.69, 9.17) is 15.2 Å². The first-order valence-electron chi connectivity index (χ1n) is 9.24. The lowest BCUT2D eigenvalue weighted by molar-refractivity contribution is 0.0207. The minimum atomic E-state index is 0.155. The van der Waals surface area contributed by atoms with Crippen molar-refractivity contribution in [1.82, 2.24) is 0 Å². The number of benzene rings is 1. The summed E-state index contributed by atoms with van der Waals surface area (Å²) in [6, 6.07) is 6.77. The molecule has 0 saturated heterocycles. The summed E-state index contributed by atoms with van der Waals surface area (Å²) in [7, 11) is 1.83. The SMILES string of the molecule is COC1CCC2(CC1)Cc1ccc(OCC3CCC3)cc1C2N. The van der Waals surface area contributed by atoms with Crippen molar-refractivity contribution in [2.45, 2.75) is 63.5 Å². The molecule has 23 heavy (non-hydrogen) atoms. The topological polar surface area (TPSA) is 44.5 Å². The Kier molecular flexibility index (Phi) is 4.10. The van der Waals surface area contributed by atoms with Gasteiger partial charge in [-0.3, -0.25) is 0 Å². The van der Waals surface area contributed by atoms with Crippen molar-refractivity contribution in [2.75, 3.05) is 13.7 Å². The Morgan fingerprint density at radius 1 is 1.17 bits per heavy atom. The molecule has 0 aromatic heterocycles. The molecule has 0 heterocycles. The summed E-state index contributed by atoms with van der Waals surface area (Å²) < 4.78 is 11.6. The molecule has 3 aliphatic rings. The van der Waals surface area contributed by atoms with Crippen LogP contribution in [0, 0.1) is 11.3 Å². The normalized spacial score (nSPS) is 33.5. The van der Waals surface area contributed by atoms with E-state index >= 15 is 0 Å². The zero-order valence-corrected chi connectivity index (χ0v) is 14.2. The van der Waals surface area contributed by atoms with Crippen LogP contribution in [0.25, 0.3) is 0 Å². The lowest BCUT2D eigenvalue weighted by Crippen LogP contribution is -2.37. The number of hydrogen-bond donors (Lipinski definition) is 1. The van der Waals surface area contributed by atoms with Gasteiger partial charge in [0.05, 0.1) is 12.7 Å². The summed E-state index contributed by atoms with van der Waals surface area (Å²) in [4.78, 5) is 0. The maximum atomic E-state index is 6.71. The molecular weight excluding hydrogens is 286 g/mol. The second kappa shape index (κ2) is 6.10. The largest absolute Gasteiger partial charge is 0.493 e. The van der Waals surface area contributed by atoms with Crippen LogP contribution >= 0.6 is 0 Å². The molecule has 1 aromatic carbocycles. The molecule has 1 atom stereocenters. The van der Waals surface area contributed by atoms with Gasteiger partial charge in [0.25, 0.3) is 0 Å². The van der Waals surface area contributed by atoms with E-state index in [0.717, 1.165) is 37.5 Å². The quantitative estimate of drug-likeness (QED) is 0.913. The van der Waals surface area contributed by atoms with Gasteiger partial charge in [-0.15, -0.1) is 0 Å². The molecule has 1 spiro atoms. The Hall–Kier alpha value is -1.06. The predicted molar refractivity (Wildman–Crippen MR) is 91.6 cm³/mol. The van der Waals surface area contributed by atoms with E-state index in [9.17, 15) is 0 Å². The maximum absolute atomic E-state index is 6.71. The smallest absolute Gasteiger partial charge is 0.119 e. The van der Waals surface area contributed by atoms with Crippen LogP contribution in [-0.2, 0) is 11.2 Å². The van der Waals surface area contributed by atoms with Crippen LogP contribution in [0.3, 0.4) is 0 Å². The van der Waals surface area contributed by atoms with Gasteiger partial charge in [-0.25, -0.2) is 0 Å². The van der Waals surface area contributed by atoms with Crippen molar-refractivity contribution in [2.24, 2.45) is 17.1 Å². The van der Waals surface area contributed by atoms with Gasteiger partial charge in [0.2, 0.25) is 0 Å². The molecule has 0 radical (unpaired) electrons. The van der Waals surface area contributed by atoms with E-state index in [0.29, 0.717) is 6.10 Å². The van der Waals surface area contributed by atoms with Crippen LogP contribution < -0.4 is 10.5 Å². The van der Waals surface area contributed by atoms with Crippen molar-refractivity contribution in [1.29, 1.82) is 0 Å². The molecule has 4 rings (SSSR count). The van der Waals surface area contributed by atoms with Gasteiger partial charge in [0, 0.05) is 13.2 Å². The highest BCUT2D eigenvalue weighted by Crippen LogP contribution is 2.53. The van der Waals surface area contributed by atoms with Gasteiger partial charge in [-0.1, -0.05) is 12.5 Å². The molecule has 3 aliphatic carbocycles. The van der Waals surface area contributed by atoms with E-state index in [1.807, 2.05) is 7.11 Å². The number of hydrogen-bond acceptors (Lipinski definition) is 3. The Morgan fingerprint density at radius 3 is 2.61 bits per heavy atom.